The summed E-state index contributed by atoms with van der Waals surface area (Å²) in [5.41, 5.74) is 0.0464. The number of rotatable bonds is 7. The second-order valence-electron chi connectivity index (χ2n) is 8.86. The zero-order valence-electron chi connectivity index (χ0n) is 21.0. The van der Waals surface area contributed by atoms with Gasteiger partial charge in [-0.05, 0) is 27.2 Å². The molecule has 4 aromatic rings. The minimum Gasteiger partial charge on any atom is -0.168 e. The number of unbranched alkanes of at least 4 members (excludes halogenated alkanes) is 3. The molecule has 0 aliphatic carbocycles. The first-order chi connectivity index (χ1) is 16.4. The van der Waals surface area contributed by atoms with Crippen LogP contribution >= 0.6 is 17.0 Å². The van der Waals surface area contributed by atoms with Gasteiger partial charge < -0.3 is 4.74 Å². The van der Waals surface area contributed by atoms with Gasteiger partial charge in [-0.3, -0.25) is 0 Å². The molecule has 0 saturated carbocycles. The third kappa shape index (κ3) is 15.3. The number of fused-ring (bicyclic) bond motifs is 2. The van der Waals surface area contributed by atoms with Crippen molar-refractivity contribution in [1.82, 2.24) is 0 Å². The van der Waals surface area contributed by atoms with E-state index in [0.717, 1.165) is 16.1 Å². The molecule has 0 N–H and O–H groups in total. The normalized spacial score (nSPS) is 10.3. The van der Waals surface area contributed by atoms with Crippen molar-refractivity contribution in [2.45, 2.75) is 64.6 Å². The van der Waals surface area contributed by atoms with Gasteiger partial charge in [0.05, 0.1) is 5.60 Å². The van der Waals surface area contributed by atoms with Gasteiger partial charge in [-0.1, -0.05) is 44.0 Å². The van der Waals surface area contributed by atoms with E-state index in [4.69, 9.17) is 21.8 Å². The van der Waals surface area contributed by atoms with Crippen LogP contribution in [0.4, 0.5) is 0 Å². The Hall–Kier alpha value is -0.700. The summed E-state index contributed by atoms with van der Waals surface area (Å²) in [7, 11) is 11.0. The maximum Gasteiger partial charge on any atom is -0.0809 e. The van der Waals surface area contributed by atoms with Gasteiger partial charge in [0.2, 0.25) is 0 Å². The predicted octanol–water partition coefficient (Wildman–Crippen LogP) is 10.0. The molecule has 0 unspecified atom stereocenters. The Kier molecular flexibility index (Phi) is 18.0. The largest absolute Gasteiger partial charge is 0.168 e. The first-order valence-electron chi connectivity index (χ1n) is 11.9. The van der Waals surface area contributed by atoms with Gasteiger partial charge in [-0.15, -0.1) is 59.3 Å². The molecule has 4 aromatic carbocycles. The smallest absolute Gasteiger partial charge is 0.0809 e. The Morgan fingerprint density at radius 2 is 1.24 bits per heavy atom. The van der Waals surface area contributed by atoms with E-state index in [1.807, 2.05) is 0 Å². The number of ether oxygens (including phenoxy) is 1. The van der Waals surface area contributed by atoms with Gasteiger partial charge in [-0.25, -0.2) is 0 Å². The molecule has 0 aliphatic rings. The quantitative estimate of drug-likeness (QED) is 0.118. The molecule has 2 radical (unpaired) electrons. The minimum absolute atomic E-state index is 0.0464. The van der Waals surface area contributed by atoms with Crippen LogP contribution in [0.1, 0.15) is 46.5 Å². The van der Waals surface area contributed by atoms with Gasteiger partial charge in [0.1, 0.15) is 0 Å². The molecule has 182 valence electrons. The van der Waals surface area contributed by atoms with Gasteiger partial charge in [0.15, 0.2) is 0 Å². The predicted molar refractivity (Wildman–Crippen MR) is 151 cm³/mol. The number of halogens is 2. The standard InChI is InChI=1S/C11H24OSi.2C9H7.2ClH.Zr/c1-11(2,3)12-9-7-5-6-8-10-13-4;2*1-2-5-9-7-3-6-8(9)4-1;;;/h5-10H2,1-4H3;2*1-7H;2*1H;/q;2*-1;;;+4/p-2. The van der Waals surface area contributed by atoms with Crippen LogP contribution in [0, 0.1) is 0 Å². The Bertz CT molecular complexity index is 864. The van der Waals surface area contributed by atoms with Crippen molar-refractivity contribution in [3.05, 3.63) is 84.9 Å². The molecule has 0 spiro atoms. The van der Waals surface area contributed by atoms with E-state index in [1.165, 1.54) is 53.3 Å². The minimum atomic E-state index is -0.826. The third-order valence-corrected chi connectivity index (χ3v) is 5.80. The topological polar surface area (TPSA) is 9.23 Å². The average Bonchev–Trinajstić information content (AvgIpc) is 3.48. The second-order valence-corrected chi connectivity index (χ2v) is 13.8. The second kappa shape index (κ2) is 19.5. The Labute approximate surface area is 228 Å². The molecule has 0 amide bonds. The molecule has 0 atom stereocenters. The van der Waals surface area contributed by atoms with Crippen molar-refractivity contribution in [2.24, 2.45) is 0 Å². The summed E-state index contributed by atoms with van der Waals surface area (Å²) >= 11 is -0.826. The third-order valence-electron chi connectivity index (χ3n) is 4.95. The molecule has 1 nitrogen and oxygen atoms in total. The van der Waals surface area contributed by atoms with Gasteiger partial charge in [-0.2, -0.15) is 35.0 Å². The number of hydrogen-bond donors (Lipinski definition) is 0. The summed E-state index contributed by atoms with van der Waals surface area (Å²) in [5, 5.41) is 5.32. The zero-order chi connectivity index (χ0) is 25.1. The first-order valence-corrected chi connectivity index (χ1v) is 19.9. The Balaban J connectivity index is 0.000000244. The molecule has 4 rings (SSSR count). The van der Waals surface area contributed by atoms with Gasteiger partial charge >= 0.3 is 37.9 Å². The zero-order valence-corrected chi connectivity index (χ0v) is 26.0. The average molecular weight is 593 g/mol. The molecule has 0 bridgehead atoms. The van der Waals surface area contributed by atoms with Gasteiger partial charge in [0, 0.05) is 16.1 Å². The van der Waals surface area contributed by atoms with Crippen molar-refractivity contribution >= 4 is 48.1 Å². The molecule has 0 heterocycles. The SMILES string of the molecule is C[Si]CCCCCCOC(C)(C)C.[Cl][Zr+2][Cl].c1ccc2[cH-]ccc2c1.c1ccc2[cH-]ccc2c1. The van der Waals surface area contributed by atoms with Crippen molar-refractivity contribution in [2.75, 3.05) is 6.61 Å². The maximum atomic E-state index is 5.64. The molecule has 0 fully saturated rings. The van der Waals surface area contributed by atoms with Crippen molar-refractivity contribution in [1.29, 1.82) is 0 Å². The van der Waals surface area contributed by atoms with Crippen LogP contribution in [0.25, 0.3) is 21.5 Å². The Morgan fingerprint density at radius 1 is 0.765 bits per heavy atom. The van der Waals surface area contributed by atoms with Crippen molar-refractivity contribution in [3.63, 3.8) is 0 Å². The Morgan fingerprint density at radius 3 is 1.68 bits per heavy atom. The van der Waals surface area contributed by atoms with Crippen LogP contribution in [0.3, 0.4) is 0 Å². The summed E-state index contributed by atoms with van der Waals surface area (Å²) in [6.07, 6.45) is 5.35. The van der Waals surface area contributed by atoms with E-state index >= 15 is 0 Å². The fourth-order valence-electron chi connectivity index (χ4n) is 3.28. The maximum absolute atomic E-state index is 5.64. The van der Waals surface area contributed by atoms with Crippen LogP contribution < -0.4 is 0 Å². The summed E-state index contributed by atoms with van der Waals surface area (Å²) in [4.78, 5) is 0. The first kappa shape index (κ1) is 31.3. The van der Waals surface area contributed by atoms with Crippen LogP contribution in [0.15, 0.2) is 84.9 Å². The van der Waals surface area contributed by atoms with E-state index in [0.29, 0.717) is 0 Å². The van der Waals surface area contributed by atoms with Gasteiger partial charge in [0.25, 0.3) is 0 Å². The van der Waals surface area contributed by atoms with Crippen LogP contribution in [0.2, 0.25) is 12.6 Å². The van der Waals surface area contributed by atoms with Crippen LogP contribution in [0.5, 0.6) is 0 Å². The molecule has 0 aliphatic heterocycles. The molecule has 34 heavy (non-hydrogen) atoms. The summed E-state index contributed by atoms with van der Waals surface area (Å²) in [6, 6.07) is 30.8. The molecule has 0 saturated heterocycles. The molecule has 5 heteroatoms. The van der Waals surface area contributed by atoms with E-state index in [2.05, 4.69) is 112 Å². The number of benzene rings is 2. The van der Waals surface area contributed by atoms with E-state index in [9.17, 15) is 0 Å². The van der Waals surface area contributed by atoms with E-state index in [-0.39, 0.29) is 5.60 Å². The van der Waals surface area contributed by atoms with Crippen molar-refractivity contribution < 1.29 is 25.6 Å². The molecular formula is C29H38Cl2OSiZr. The van der Waals surface area contributed by atoms with Crippen LogP contribution in [-0.4, -0.2) is 21.7 Å². The summed E-state index contributed by atoms with van der Waals surface area (Å²) in [5.74, 6) is 0. The number of hydrogen-bond acceptors (Lipinski definition) is 1. The molecular weight excluding hydrogens is 555 g/mol. The summed E-state index contributed by atoms with van der Waals surface area (Å²) < 4.78 is 5.64. The summed E-state index contributed by atoms with van der Waals surface area (Å²) in [6.45, 7) is 9.56. The van der Waals surface area contributed by atoms with E-state index in [1.54, 1.807) is 0 Å². The molecule has 0 aromatic heterocycles. The van der Waals surface area contributed by atoms with E-state index < -0.39 is 20.8 Å². The monoisotopic (exact) mass is 590 g/mol. The fraction of sp³-hybridized carbons (Fsp3) is 0.379. The van der Waals surface area contributed by atoms with Crippen LogP contribution in [-0.2, 0) is 25.6 Å². The van der Waals surface area contributed by atoms with Crippen molar-refractivity contribution in [3.8, 4) is 0 Å². The fourth-order valence-corrected chi connectivity index (χ4v) is 3.88.